The lowest BCUT2D eigenvalue weighted by Crippen LogP contribution is -2.06. The molecule has 1 heterocycles. The summed E-state index contributed by atoms with van der Waals surface area (Å²) in [5.74, 6) is 0. The van der Waals surface area contributed by atoms with Gasteiger partial charge in [0.2, 0.25) is 0 Å². The molecule has 1 atom stereocenters. The van der Waals surface area contributed by atoms with E-state index in [9.17, 15) is 0 Å². The summed E-state index contributed by atoms with van der Waals surface area (Å²) < 4.78 is 5.11. The Balaban J connectivity index is 2.32. The maximum absolute atomic E-state index is 5.11. The second-order valence-electron chi connectivity index (χ2n) is 1.45. The van der Waals surface area contributed by atoms with E-state index in [1.165, 1.54) is 0 Å². The van der Waals surface area contributed by atoms with E-state index in [0.717, 1.165) is 13.0 Å². The largest absolute Gasteiger partial charge is 0.363 e. The van der Waals surface area contributed by atoms with Crippen molar-refractivity contribution >= 4 is 15.9 Å². The fourth-order valence-corrected chi connectivity index (χ4v) is 0.868. The third-order valence-corrected chi connectivity index (χ3v) is 1.50. The smallest absolute Gasteiger partial charge is 0.116 e. The first kappa shape index (κ1) is 5.32. The maximum atomic E-state index is 5.11. The van der Waals surface area contributed by atoms with Crippen LogP contribution >= 0.6 is 15.9 Å². The summed E-state index contributed by atoms with van der Waals surface area (Å²) >= 11 is 3.31. The van der Waals surface area contributed by atoms with Gasteiger partial charge in [0.15, 0.2) is 0 Å². The van der Waals surface area contributed by atoms with Gasteiger partial charge in [-0.2, -0.15) is 0 Å². The fourth-order valence-electron chi connectivity index (χ4n) is 0.499. The minimum atomic E-state index is 0.262. The summed E-state index contributed by atoms with van der Waals surface area (Å²) in [7, 11) is 0. The average Bonchev–Trinajstić information content (AvgIpc) is 1.69. The van der Waals surface area contributed by atoms with E-state index in [1.54, 1.807) is 0 Å². The summed E-state index contributed by atoms with van der Waals surface area (Å²) in [5, 5.41) is 0.262. The van der Waals surface area contributed by atoms with E-state index in [-0.39, 0.29) is 5.01 Å². The Hall–Kier alpha value is 0.180. The maximum Gasteiger partial charge on any atom is 0.116 e. The summed E-state index contributed by atoms with van der Waals surface area (Å²) in [6.07, 6.45) is 5.14. The Morgan fingerprint density at radius 2 is 2.43 bits per heavy atom. The quantitative estimate of drug-likeness (QED) is 0.390. The van der Waals surface area contributed by atoms with Crippen LogP contribution in [0.25, 0.3) is 0 Å². The third-order valence-electron chi connectivity index (χ3n) is 0.861. The van der Waals surface area contributed by atoms with Crippen molar-refractivity contribution in [2.75, 3.05) is 6.61 Å². The van der Waals surface area contributed by atoms with Crippen LogP contribution in [0.3, 0.4) is 0 Å². The highest BCUT2D eigenvalue weighted by atomic mass is 79.9. The molecule has 40 valence electrons. The van der Waals surface area contributed by atoms with Crippen LogP contribution in [0.15, 0.2) is 12.2 Å². The van der Waals surface area contributed by atoms with Gasteiger partial charge in [0.1, 0.15) is 5.01 Å². The van der Waals surface area contributed by atoms with Gasteiger partial charge in [0.25, 0.3) is 0 Å². The molecular formula is C5H7BrO. The number of hydrogen-bond acceptors (Lipinski definition) is 1. The van der Waals surface area contributed by atoms with Crippen LogP contribution in [-0.4, -0.2) is 11.6 Å². The van der Waals surface area contributed by atoms with Crippen molar-refractivity contribution in [1.29, 1.82) is 0 Å². The standard InChI is InChI=1S/C5H7BrO/c6-5-3-1-2-4-7-5/h1-2,5H,3-4H2. The molecule has 0 saturated carbocycles. The molecule has 1 unspecified atom stereocenters. The first-order chi connectivity index (χ1) is 3.39. The zero-order valence-electron chi connectivity index (χ0n) is 3.93. The molecule has 0 fully saturated rings. The average molecular weight is 163 g/mol. The number of alkyl halides is 1. The van der Waals surface area contributed by atoms with E-state index in [2.05, 4.69) is 22.0 Å². The Labute approximate surface area is 51.5 Å². The molecule has 0 aromatic heterocycles. The predicted octanol–water partition coefficient (Wildman–Crippen LogP) is 1.68. The summed E-state index contributed by atoms with van der Waals surface area (Å²) in [4.78, 5) is 0. The van der Waals surface area contributed by atoms with E-state index in [1.807, 2.05) is 6.08 Å². The molecule has 1 nitrogen and oxygen atoms in total. The molecule has 0 bridgehead atoms. The molecule has 1 rings (SSSR count). The van der Waals surface area contributed by atoms with Crippen LogP contribution in [0.2, 0.25) is 0 Å². The molecule has 0 spiro atoms. The number of ether oxygens (including phenoxy) is 1. The van der Waals surface area contributed by atoms with Crippen molar-refractivity contribution in [3.63, 3.8) is 0 Å². The van der Waals surface area contributed by atoms with Gasteiger partial charge >= 0.3 is 0 Å². The number of halogens is 1. The van der Waals surface area contributed by atoms with E-state index in [4.69, 9.17) is 4.74 Å². The number of rotatable bonds is 0. The molecule has 0 saturated heterocycles. The highest BCUT2D eigenvalue weighted by Crippen LogP contribution is 2.10. The van der Waals surface area contributed by atoms with Crippen molar-refractivity contribution < 1.29 is 4.74 Å². The normalized spacial score (nSPS) is 30.7. The van der Waals surface area contributed by atoms with Gasteiger partial charge < -0.3 is 4.74 Å². The Morgan fingerprint density at radius 1 is 1.57 bits per heavy atom. The van der Waals surface area contributed by atoms with Crippen molar-refractivity contribution in [1.82, 2.24) is 0 Å². The van der Waals surface area contributed by atoms with Crippen molar-refractivity contribution in [2.24, 2.45) is 0 Å². The molecule has 1 aliphatic rings. The molecule has 2 heteroatoms. The third kappa shape index (κ3) is 1.61. The summed E-state index contributed by atoms with van der Waals surface area (Å²) in [5.41, 5.74) is 0. The lowest BCUT2D eigenvalue weighted by Gasteiger charge is -2.10. The van der Waals surface area contributed by atoms with Gasteiger partial charge in [-0.05, 0) is 0 Å². The Kier molecular flexibility index (Phi) is 1.88. The molecule has 0 aromatic rings. The van der Waals surface area contributed by atoms with Crippen LogP contribution in [-0.2, 0) is 4.74 Å². The molecule has 0 radical (unpaired) electrons. The van der Waals surface area contributed by atoms with Gasteiger partial charge in [0.05, 0.1) is 6.61 Å². The second-order valence-corrected chi connectivity index (χ2v) is 2.47. The van der Waals surface area contributed by atoms with Gasteiger partial charge in [0, 0.05) is 6.42 Å². The fraction of sp³-hybridized carbons (Fsp3) is 0.600. The van der Waals surface area contributed by atoms with E-state index in [0.29, 0.717) is 0 Å². The molecule has 7 heavy (non-hydrogen) atoms. The highest BCUT2D eigenvalue weighted by molar-refractivity contribution is 9.09. The first-order valence-corrected chi connectivity index (χ1v) is 3.22. The highest BCUT2D eigenvalue weighted by Gasteiger charge is 2.02. The minimum Gasteiger partial charge on any atom is -0.363 e. The molecule has 0 aliphatic carbocycles. The Bertz CT molecular complexity index is 80.1. The zero-order valence-corrected chi connectivity index (χ0v) is 5.52. The minimum absolute atomic E-state index is 0.262. The van der Waals surface area contributed by atoms with Crippen LogP contribution in [0, 0.1) is 0 Å². The van der Waals surface area contributed by atoms with E-state index < -0.39 is 0 Å². The second kappa shape index (κ2) is 2.48. The number of hydrogen-bond donors (Lipinski definition) is 0. The monoisotopic (exact) mass is 162 g/mol. The zero-order chi connectivity index (χ0) is 5.11. The molecule has 1 aliphatic heterocycles. The molecule has 0 N–H and O–H groups in total. The Morgan fingerprint density at radius 3 is 2.71 bits per heavy atom. The van der Waals surface area contributed by atoms with Crippen LogP contribution in [0.5, 0.6) is 0 Å². The molecule has 0 amide bonds. The molecule has 0 aromatic carbocycles. The van der Waals surface area contributed by atoms with Crippen LogP contribution < -0.4 is 0 Å². The predicted molar refractivity (Wildman–Crippen MR) is 32.4 cm³/mol. The lowest BCUT2D eigenvalue weighted by atomic mass is 10.3. The van der Waals surface area contributed by atoms with Crippen molar-refractivity contribution in [2.45, 2.75) is 11.4 Å². The topological polar surface area (TPSA) is 9.23 Å². The van der Waals surface area contributed by atoms with Gasteiger partial charge in [-0.25, -0.2) is 0 Å². The van der Waals surface area contributed by atoms with Crippen molar-refractivity contribution in [3.05, 3.63) is 12.2 Å². The van der Waals surface area contributed by atoms with E-state index >= 15 is 0 Å². The van der Waals surface area contributed by atoms with Crippen LogP contribution in [0.4, 0.5) is 0 Å². The van der Waals surface area contributed by atoms with Gasteiger partial charge in [-0.15, -0.1) is 0 Å². The summed E-state index contributed by atoms with van der Waals surface area (Å²) in [6, 6.07) is 0. The molecular weight excluding hydrogens is 156 g/mol. The van der Waals surface area contributed by atoms with Crippen molar-refractivity contribution in [3.8, 4) is 0 Å². The van der Waals surface area contributed by atoms with Crippen LogP contribution in [0.1, 0.15) is 6.42 Å². The van der Waals surface area contributed by atoms with Gasteiger partial charge in [-0.1, -0.05) is 28.1 Å². The van der Waals surface area contributed by atoms with Gasteiger partial charge in [-0.3, -0.25) is 0 Å². The SMILES string of the molecule is BrC1CC=CCO1. The first-order valence-electron chi connectivity index (χ1n) is 2.30. The summed E-state index contributed by atoms with van der Waals surface area (Å²) in [6.45, 7) is 0.760. The lowest BCUT2D eigenvalue weighted by molar-refractivity contribution is 0.137.